The van der Waals surface area contributed by atoms with E-state index in [4.69, 9.17) is 11.0 Å². The van der Waals surface area contributed by atoms with Crippen molar-refractivity contribution in [3.8, 4) is 17.0 Å². The second kappa shape index (κ2) is 9.61. The fourth-order valence-electron chi connectivity index (χ4n) is 4.42. The van der Waals surface area contributed by atoms with Crippen molar-refractivity contribution in [2.75, 3.05) is 18.4 Å². The topological polar surface area (TPSA) is 67.7 Å². The Morgan fingerprint density at radius 2 is 1.91 bits per heavy atom. The zero-order chi connectivity index (χ0) is 24.4. The highest BCUT2D eigenvalue weighted by Crippen LogP contribution is 2.31. The van der Waals surface area contributed by atoms with Gasteiger partial charge in [-0.3, -0.25) is 14.3 Å². The summed E-state index contributed by atoms with van der Waals surface area (Å²) in [5.41, 5.74) is 5.66. The van der Waals surface area contributed by atoms with Crippen molar-refractivity contribution in [2.24, 2.45) is 0 Å². The monoisotopic (exact) mass is 465 g/mol. The molecule has 176 valence electrons. The van der Waals surface area contributed by atoms with Crippen LogP contribution in [0.5, 0.6) is 0 Å². The number of likely N-dealkylation sites (tertiary alicyclic amines) is 1. The Hall–Kier alpha value is -4.15. The molecule has 0 unspecified atom stereocenters. The molecule has 0 amide bonds. The Kier molecular flexibility index (Phi) is 6.21. The number of nitrogens with zero attached hydrogens (tertiary/aromatic N) is 4. The predicted octanol–water partition coefficient (Wildman–Crippen LogP) is 6.00. The van der Waals surface area contributed by atoms with Crippen LogP contribution in [0.2, 0.25) is 0 Å². The third kappa shape index (κ3) is 4.88. The molecule has 0 spiro atoms. The smallest absolute Gasteiger partial charge is 0.299 e. The highest BCUT2D eigenvalue weighted by atomic mass is 16.4. The van der Waals surface area contributed by atoms with Gasteiger partial charge in [-0.05, 0) is 74.7 Å². The van der Waals surface area contributed by atoms with Crippen LogP contribution in [0.3, 0.4) is 0 Å². The average Bonchev–Trinajstić information content (AvgIpc) is 3.53. The zero-order valence-corrected chi connectivity index (χ0v) is 19.9. The lowest BCUT2D eigenvalue weighted by Crippen LogP contribution is -2.18. The van der Waals surface area contributed by atoms with E-state index in [2.05, 4.69) is 45.2 Å². The zero-order valence-electron chi connectivity index (χ0n) is 19.9. The van der Waals surface area contributed by atoms with E-state index in [0.717, 1.165) is 42.0 Å². The molecule has 7 heteroatoms. The van der Waals surface area contributed by atoms with Gasteiger partial charge >= 0.3 is 0 Å². The largest absolute Gasteiger partial charge is 0.423 e. The molecule has 3 heterocycles. The first kappa shape index (κ1) is 22.6. The van der Waals surface area contributed by atoms with Crippen LogP contribution in [-0.4, -0.2) is 27.5 Å². The minimum Gasteiger partial charge on any atom is -0.423 e. The molecule has 0 saturated carbocycles. The molecule has 2 aromatic carbocycles. The van der Waals surface area contributed by atoms with Crippen molar-refractivity contribution in [1.29, 1.82) is 0 Å². The average molecular weight is 466 g/mol. The lowest BCUT2D eigenvalue weighted by molar-refractivity contribution is 0.331. The maximum Gasteiger partial charge on any atom is 0.299 e. The Morgan fingerprint density at radius 1 is 1.09 bits per heavy atom. The quantitative estimate of drug-likeness (QED) is 0.354. The number of hydrogen-bond donors (Lipinski definition) is 1. The summed E-state index contributed by atoms with van der Waals surface area (Å²) in [7, 11) is 0. The highest BCUT2D eigenvalue weighted by molar-refractivity contribution is 5.71. The number of aromatic nitrogens is 2. The maximum atomic E-state index is 12.5. The molecule has 35 heavy (non-hydrogen) atoms. The standard InChI is InChI=1S/C28H27N5O2/c1-19-10-13-33(27(34)14-19)25-16-22(8-9-23(25)29-3)26-17-30-28(35-26)31-24-15-21(7-6-20(24)2)18-32-11-4-5-12-32/h6-10,13-17H,4-5,11-12,18H2,1-2H3,(H,30,31). The SMILES string of the molecule is [C-]#[N+]c1ccc(-c2cnc(Nc3cc(CN4CCCC4)ccc3C)o2)cc1-n1ccc(C)cc1=O. The van der Waals surface area contributed by atoms with Crippen LogP contribution in [0.15, 0.2) is 70.1 Å². The van der Waals surface area contributed by atoms with Gasteiger partial charge in [0.2, 0.25) is 5.69 Å². The van der Waals surface area contributed by atoms with Crippen molar-refractivity contribution < 1.29 is 4.42 Å². The van der Waals surface area contributed by atoms with Gasteiger partial charge in [0.15, 0.2) is 5.76 Å². The van der Waals surface area contributed by atoms with Crippen molar-refractivity contribution in [3.63, 3.8) is 0 Å². The van der Waals surface area contributed by atoms with E-state index < -0.39 is 0 Å². The minimum absolute atomic E-state index is 0.184. The molecule has 1 saturated heterocycles. The van der Waals surface area contributed by atoms with E-state index in [9.17, 15) is 4.79 Å². The fraction of sp³-hybridized carbons (Fsp3) is 0.250. The van der Waals surface area contributed by atoms with E-state index >= 15 is 0 Å². The number of rotatable bonds is 6. The van der Waals surface area contributed by atoms with Crippen LogP contribution in [0, 0.1) is 20.4 Å². The molecule has 1 aliphatic rings. The van der Waals surface area contributed by atoms with E-state index in [0.29, 0.717) is 23.1 Å². The van der Waals surface area contributed by atoms with Gasteiger partial charge < -0.3 is 9.73 Å². The number of aryl methyl sites for hydroxylation is 2. The van der Waals surface area contributed by atoms with Gasteiger partial charge in [0.05, 0.1) is 18.5 Å². The molecular weight excluding hydrogens is 438 g/mol. The summed E-state index contributed by atoms with van der Waals surface area (Å²) in [6, 6.07) is 15.5. The van der Waals surface area contributed by atoms with Gasteiger partial charge in [0.25, 0.3) is 11.6 Å². The second-order valence-corrected chi connectivity index (χ2v) is 9.01. The Morgan fingerprint density at radius 3 is 2.69 bits per heavy atom. The first-order valence-corrected chi connectivity index (χ1v) is 11.8. The van der Waals surface area contributed by atoms with Gasteiger partial charge in [-0.1, -0.05) is 24.3 Å². The Bertz CT molecular complexity index is 1470. The Balaban J connectivity index is 1.41. The number of nitrogens with one attached hydrogen (secondary N) is 1. The van der Waals surface area contributed by atoms with E-state index in [1.807, 2.05) is 19.1 Å². The molecule has 1 fully saturated rings. The lowest BCUT2D eigenvalue weighted by atomic mass is 10.1. The summed E-state index contributed by atoms with van der Waals surface area (Å²) in [6.07, 6.45) is 5.89. The number of benzene rings is 2. The summed E-state index contributed by atoms with van der Waals surface area (Å²) in [5, 5.41) is 3.31. The molecule has 4 aromatic rings. The molecule has 0 bridgehead atoms. The fourth-order valence-corrected chi connectivity index (χ4v) is 4.42. The lowest BCUT2D eigenvalue weighted by Gasteiger charge is -2.16. The molecule has 0 radical (unpaired) electrons. The summed E-state index contributed by atoms with van der Waals surface area (Å²) in [5.74, 6) is 0.552. The first-order chi connectivity index (χ1) is 17.0. The van der Waals surface area contributed by atoms with Crippen LogP contribution in [0.25, 0.3) is 21.9 Å². The summed E-state index contributed by atoms with van der Waals surface area (Å²) in [4.78, 5) is 23.0. The van der Waals surface area contributed by atoms with Crippen LogP contribution < -0.4 is 10.9 Å². The Labute approximate surface area is 204 Å². The molecular formula is C28H27N5O2. The molecule has 0 atom stereocenters. The van der Waals surface area contributed by atoms with Crippen molar-refractivity contribution in [1.82, 2.24) is 14.5 Å². The molecule has 2 aromatic heterocycles. The van der Waals surface area contributed by atoms with E-state index in [-0.39, 0.29) is 5.56 Å². The third-order valence-electron chi connectivity index (χ3n) is 6.37. The molecule has 1 N–H and O–H groups in total. The third-order valence-corrected chi connectivity index (χ3v) is 6.37. The van der Waals surface area contributed by atoms with Crippen LogP contribution in [0.1, 0.15) is 29.5 Å². The summed E-state index contributed by atoms with van der Waals surface area (Å²) in [6.45, 7) is 14.7. The summed E-state index contributed by atoms with van der Waals surface area (Å²) < 4.78 is 7.50. The number of oxazole rings is 1. The van der Waals surface area contributed by atoms with Gasteiger partial charge in [-0.25, -0.2) is 9.83 Å². The maximum absolute atomic E-state index is 12.5. The van der Waals surface area contributed by atoms with Gasteiger partial charge in [-0.2, -0.15) is 0 Å². The minimum atomic E-state index is -0.184. The van der Waals surface area contributed by atoms with Gasteiger partial charge in [0.1, 0.15) is 0 Å². The van der Waals surface area contributed by atoms with Crippen molar-refractivity contribution in [3.05, 3.63) is 99.4 Å². The molecule has 1 aliphatic heterocycles. The second-order valence-electron chi connectivity index (χ2n) is 9.01. The first-order valence-electron chi connectivity index (χ1n) is 11.8. The number of hydrogen-bond acceptors (Lipinski definition) is 5. The normalized spacial score (nSPS) is 13.6. The van der Waals surface area contributed by atoms with E-state index in [1.165, 1.54) is 23.0 Å². The number of pyridine rings is 1. The van der Waals surface area contributed by atoms with Crippen LogP contribution in [-0.2, 0) is 6.54 Å². The highest BCUT2D eigenvalue weighted by Gasteiger charge is 2.15. The molecule has 0 aliphatic carbocycles. The van der Waals surface area contributed by atoms with Crippen molar-refractivity contribution >= 4 is 17.4 Å². The molecule has 7 nitrogen and oxygen atoms in total. The van der Waals surface area contributed by atoms with Gasteiger partial charge in [-0.15, -0.1) is 0 Å². The van der Waals surface area contributed by atoms with E-state index in [1.54, 1.807) is 30.6 Å². The predicted molar refractivity (Wildman–Crippen MR) is 138 cm³/mol. The van der Waals surface area contributed by atoms with Crippen molar-refractivity contribution in [2.45, 2.75) is 33.2 Å². The van der Waals surface area contributed by atoms with Gasteiger partial charge in [0, 0.05) is 30.1 Å². The van der Waals surface area contributed by atoms with Crippen LogP contribution in [0.4, 0.5) is 17.4 Å². The van der Waals surface area contributed by atoms with Crippen LogP contribution >= 0.6 is 0 Å². The molecule has 5 rings (SSSR count). The number of anilines is 2. The summed E-state index contributed by atoms with van der Waals surface area (Å²) >= 11 is 0.